The Morgan fingerprint density at radius 2 is 0.882 bits per heavy atom. The third-order valence-electron chi connectivity index (χ3n) is 10.1. The molecular formula is C47H31N3O. The highest BCUT2D eigenvalue weighted by molar-refractivity contribution is 5.91. The lowest BCUT2D eigenvalue weighted by atomic mass is 9.78. The summed E-state index contributed by atoms with van der Waals surface area (Å²) in [6.45, 7) is 0. The van der Waals surface area contributed by atoms with Gasteiger partial charge in [-0.05, 0) is 56.4 Å². The normalized spacial score (nSPS) is 16.2. The van der Waals surface area contributed by atoms with Gasteiger partial charge < -0.3 is 4.74 Å². The largest absolute Gasteiger partial charge is 0.484 e. The number of allylic oxidation sites excluding steroid dienone is 2. The second-order valence-electron chi connectivity index (χ2n) is 13.2. The topological polar surface area (TPSA) is 47.9 Å². The zero-order valence-corrected chi connectivity index (χ0v) is 27.6. The summed E-state index contributed by atoms with van der Waals surface area (Å²) in [7, 11) is 0. The lowest BCUT2D eigenvalue weighted by Crippen LogP contribution is -2.25. The first-order chi connectivity index (χ1) is 25.2. The van der Waals surface area contributed by atoms with E-state index < -0.39 is 0 Å². The van der Waals surface area contributed by atoms with Crippen molar-refractivity contribution in [2.75, 3.05) is 0 Å². The minimum Gasteiger partial charge on any atom is -0.484 e. The Morgan fingerprint density at radius 1 is 0.373 bits per heavy atom. The first-order valence-corrected chi connectivity index (χ1v) is 17.3. The first kappa shape index (κ1) is 29.3. The number of hydrogen-bond acceptors (Lipinski definition) is 4. The van der Waals surface area contributed by atoms with Crippen LogP contribution in [0.1, 0.15) is 22.9 Å². The van der Waals surface area contributed by atoms with E-state index in [4.69, 9.17) is 19.7 Å². The average molecular weight is 654 g/mol. The molecule has 1 aromatic heterocycles. The molecule has 2 unspecified atom stereocenters. The fraction of sp³-hybridized carbons (Fsp3) is 0.0426. The van der Waals surface area contributed by atoms with Crippen molar-refractivity contribution in [3.8, 4) is 39.7 Å². The molecule has 4 heteroatoms. The number of rotatable bonds is 5. The van der Waals surface area contributed by atoms with Crippen LogP contribution in [0.3, 0.4) is 0 Å². The van der Waals surface area contributed by atoms with Crippen molar-refractivity contribution in [3.05, 3.63) is 193 Å². The van der Waals surface area contributed by atoms with Gasteiger partial charge in [0.1, 0.15) is 11.9 Å². The van der Waals surface area contributed by atoms with E-state index in [0.29, 0.717) is 17.5 Å². The summed E-state index contributed by atoms with van der Waals surface area (Å²) in [5, 5.41) is 4.89. The zero-order valence-electron chi connectivity index (χ0n) is 27.6. The van der Waals surface area contributed by atoms with Gasteiger partial charge in [0.25, 0.3) is 0 Å². The molecule has 2 aliphatic rings. The van der Waals surface area contributed by atoms with Crippen molar-refractivity contribution in [2.45, 2.75) is 12.0 Å². The fourth-order valence-electron chi connectivity index (χ4n) is 7.54. The standard InChI is InChI=1S/C47H31N3O/c1-2-12-33(13-3-1)45-48-46(34-22-18-32(19-23-34)37-24-20-30-10-4-6-14-35(30)28-37)50-47(49-45)41-27-26-39(38-25-21-31-11-5-7-15-36(31)29-38)44-43(41)40-16-8-9-17-42(40)51-44/h1-29,43-44H. The van der Waals surface area contributed by atoms with Crippen LogP contribution in [-0.4, -0.2) is 21.1 Å². The van der Waals surface area contributed by atoms with Crippen LogP contribution in [0.5, 0.6) is 5.75 Å². The summed E-state index contributed by atoms with van der Waals surface area (Å²) in [4.78, 5) is 15.4. The second kappa shape index (κ2) is 12.0. The van der Waals surface area contributed by atoms with Crippen LogP contribution in [0.15, 0.2) is 176 Å². The number of fused-ring (bicyclic) bond motifs is 5. The van der Waals surface area contributed by atoms with Gasteiger partial charge in [-0.25, -0.2) is 15.0 Å². The number of ether oxygens (including phenoxy) is 1. The van der Waals surface area contributed by atoms with Crippen LogP contribution in [0.2, 0.25) is 0 Å². The third kappa shape index (κ3) is 5.20. The van der Waals surface area contributed by atoms with E-state index in [0.717, 1.165) is 44.7 Å². The van der Waals surface area contributed by atoms with E-state index in [2.05, 4.69) is 152 Å². The van der Waals surface area contributed by atoms with E-state index in [1.807, 2.05) is 24.3 Å². The molecule has 8 aromatic rings. The molecule has 2 heterocycles. The molecular weight excluding hydrogens is 623 g/mol. The smallest absolute Gasteiger partial charge is 0.164 e. The molecule has 1 aliphatic heterocycles. The molecule has 0 radical (unpaired) electrons. The van der Waals surface area contributed by atoms with Crippen LogP contribution in [0.4, 0.5) is 0 Å². The Kier molecular flexibility index (Phi) is 6.91. The van der Waals surface area contributed by atoms with Crippen molar-refractivity contribution in [1.82, 2.24) is 15.0 Å². The number of aromatic nitrogens is 3. The molecule has 4 nitrogen and oxygen atoms in total. The Morgan fingerprint density at radius 3 is 1.61 bits per heavy atom. The van der Waals surface area contributed by atoms with E-state index in [1.165, 1.54) is 27.1 Å². The molecule has 0 amide bonds. The number of benzene rings is 7. The Bertz CT molecular complexity index is 2680. The molecule has 0 bridgehead atoms. The SMILES string of the molecule is C1=C(c2ccc3ccccc3c2)C2Oc3ccccc3C2C(c2nc(-c3ccccc3)nc(-c3ccc(-c4ccc5ccccc5c4)cc3)n2)=C1. The quantitative estimate of drug-likeness (QED) is 0.185. The summed E-state index contributed by atoms with van der Waals surface area (Å²) in [6, 6.07) is 57.2. The van der Waals surface area contributed by atoms with Crippen LogP contribution >= 0.6 is 0 Å². The maximum atomic E-state index is 6.77. The fourth-order valence-corrected chi connectivity index (χ4v) is 7.54. The minimum absolute atomic E-state index is 0.0816. The van der Waals surface area contributed by atoms with Gasteiger partial charge in [0.05, 0.1) is 5.92 Å². The lowest BCUT2D eigenvalue weighted by Gasteiger charge is -2.27. The molecule has 1 aliphatic carbocycles. The number of nitrogens with zero attached hydrogens (tertiary/aromatic N) is 3. The van der Waals surface area contributed by atoms with Gasteiger partial charge in [-0.2, -0.15) is 0 Å². The molecule has 7 aromatic carbocycles. The molecule has 0 N–H and O–H groups in total. The van der Waals surface area contributed by atoms with E-state index >= 15 is 0 Å². The number of para-hydroxylation sites is 1. The summed E-state index contributed by atoms with van der Waals surface area (Å²) in [5.74, 6) is 2.75. The summed E-state index contributed by atoms with van der Waals surface area (Å²) < 4.78 is 6.77. The molecule has 0 fully saturated rings. The van der Waals surface area contributed by atoms with Crippen LogP contribution in [0, 0.1) is 0 Å². The Balaban J connectivity index is 1.10. The Labute approximate surface area is 296 Å². The highest BCUT2D eigenvalue weighted by Gasteiger charge is 2.42. The van der Waals surface area contributed by atoms with Crippen LogP contribution < -0.4 is 4.74 Å². The van der Waals surface area contributed by atoms with Crippen molar-refractivity contribution in [2.24, 2.45) is 0 Å². The summed E-state index contributed by atoms with van der Waals surface area (Å²) in [6.07, 6.45) is 4.16. The molecule has 0 spiro atoms. The molecule has 10 rings (SSSR count). The number of hydrogen-bond donors (Lipinski definition) is 0. The summed E-state index contributed by atoms with van der Waals surface area (Å²) >= 11 is 0. The maximum absolute atomic E-state index is 6.77. The monoisotopic (exact) mass is 653 g/mol. The van der Waals surface area contributed by atoms with Crippen molar-refractivity contribution in [1.29, 1.82) is 0 Å². The van der Waals surface area contributed by atoms with Crippen molar-refractivity contribution >= 4 is 32.7 Å². The van der Waals surface area contributed by atoms with Gasteiger partial charge in [-0.15, -0.1) is 0 Å². The maximum Gasteiger partial charge on any atom is 0.164 e. The van der Waals surface area contributed by atoms with Gasteiger partial charge in [0, 0.05) is 27.8 Å². The predicted molar refractivity (Wildman–Crippen MR) is 207 cm³/mol. The van der Waals surface area contributed by atoms with E-state index in [9.17, 15) is 0 Å². The molecule has 0 saturated carbocycles. The predicted octanol–water partition coefficient (Wildman–Crippen LogP) is 11.2. The molecule has 240 valence electrons. The second-order valence-corrected chi connectivity index (χ2v) is 13.2. The van der Waals surface area contributed by atoms with Crippen molar-refractivity contribution in [3.63, 3.8) is 0 Å². The molecule has 2 atom stereocenters. The highest BCUT2D eigenvalue weighted by Crippen LogP contribution is 2.51. The third-order valence-corrected chi connectivity index (χ3v) is 10.1. The average Bonchev–Trinajstić information content (AvgIpc) is 3.60. The van der Waals surface area contributed by atoms with Crippen molar-refractivity contribution < 1.29 is 4.74 Å². The molecule has 51 heavy (non-hydrogen) atoms. The van der Waals surface area contributed by atoms with Gasteiger partial charge in [0.15, 0.2) is 17.5 Å². The van der Waals surface area contributed by atoms with Crippen LogP contribution in [0.25, 0.3) is 66.6 Å². The van der Waals surface area contributed by atoms with Crippen LogP contribution in [-0.2, 0) is 0 Å². The van der Waals surface area contributed by atoms with Gasteiger partial charge in [-0.1, -0.05) is 158 Å². The lowest BCUT2D eigenvalue weighted by molar-refractivity contribution is 0.281. The Hall–Kier alpha value is -6.65. The van der Waals surface area contributed by atoms with E-state index in [1.54, 1.807) is 0 Å². The summed E-state index contributed by atoms with van der Waals surface area (Å²) in [5.41, 5.74) is 8.65. The van der Waals surface area contributed by atoms with Gasteiger partial charge in [-0.3, -0.25) is 0 Å². The van der Waals surface area contributed by atoms with Gasteiger partial charge in [0.2, 0.25) is 0 Å². The highest BCUT2D eigenvalue weighted by atomic mass is 16.5. The zero-order chi connectivity index (χ0) is 33.7. The molecule has 0 saturated heterocycles. The first-order valence-electron chi connectivity index (χ1n) is 17.3. The van der Waals surface area contributed by atoms with E-state index in [-0.39, 0.29) is 12.0 Å². The van der Waals surface area contributed by atoms with Gasteiger partial charge >= 0.3 is 0 Å². The minimum atomic E-state index is -0.217.